The zero-order valence-corrected chi connectivity index (χ0v) is 20.2. The van der Waals surface area contributed by atoms with E-state index in [0.717, 1.165) is 48.7 Å². The van der Waals surface area contributed by atoms with Gasteiger partial charge in [0.2, 0.25) is 5.91 Å². The molecule has 1 aromatic heterocycles. The van der Waals surface area contributed by atoms with Crippen LogP contribution in [0.4, 0.5) is 18.9 Å². The van der Waals surface area contributed by atoms with Gasteiger partial charge in [0.05, 0.1) is 33.3 Å². The van der Waals surface area contributed by atoms with E-state index >= 15 is 0 Å². The molecule has 1 aliphatic carbocycles. The molecule has 0 radical (unpaired) electrons. The molecule has 11 heteroatoms. The van der Waals surface area contributed by atoms with Gasteiger partial charge in [-0.2, -0.15) is 13.2 Å². The lowest BCUT2D eigenvalue weighted by atomic mass is 9.88. The second-order valence-electron chi connectivity index (χ2n) is 8.71. The van der Waals surface area contributed by atoms with Crippen LogP contribution in [0, 0.1) is 10.1 Å². The van der Waals surface area contributed by atoms with Crippen molar-refractivity contribution in [1.29, 1.82) is 0 Å². The van der Waals surface area contributed by atoms with E-state index in [1.165, 1.54) is 40.5 Å². The molecule has 37 heavy (non-hydrogen) atoms. The van der Waals surface area contributed by atoms with Gasteiger partial charge < -0.3 is 5.32 Å². The van der Waals surface area contributed by atoms with Crippen LogP contribution in [-0.2, 0) is 17.4 Å². The molecule has 1 heterocycles. The number of carbonyl (C=O) groups is 1. The third-order valence-corrected chi connectivity index (χ3v) is 7.23. The monoisotopic (exact) mass is 526 g/mol. The first-order chi connectivity index (χ1) is 17.7. The standard InChI is InChI=1S/C26H21F3N4O3S/c27-26(28,29)17-7-4-8-18(13-17)32-23-12-11-19(33(35)36)14-22(23)31-25(32)37-15-24(34)30-21-10-3-6-16-5-1-2-9-20(16)21/h1-2,4-5,7-9,11-14,21H,3,6,10,15H2,(H,30,34). The molecule has 0 fully saturated rings. The molecule has 1 unspecified atom stereocenters. The van der Waals surface area contributed by atoms with Crippen LogP contribution in [0.2, 0.25) is 0 Å². The van der Waals surface area contributed by atoms with E-state index in [0.29, 0.717) is 5.52 Å². The normalized spacial score (nSPS) is 15.4. The van der Waals surface area contributed by atoms with E-state index in [9.17, 15) is 28.1 Å². The minimum atomic E-state index is -4.55. The number of hydrogen-bond donors (Lipinski definition) is 1. The van der Waals surface area contributed by atoms with Crippen LogP contribution >= 0.6 is 11.8 Å². The summed E-state index contributed by atoms with van der Waals surface area (Å²) in [6.45, 7) is 0. The predicted octanol–water partition coefficient (Wildman–Crippen LogP) is 6.24. The Morgan fingerprint density at radius 3 is 2.73 bits per heavy atom. The van der Waals surface area contributed by atoms with Crippen molar-refractivity contribution in [3.05, 3.63) is 93.5 Å². The van der Waals surface area contributed by atoms with E-state index in [1.54, 1.807) is 0 Å². The number of alkyl halides is 3. The number of nitro groups is 1. The molecule has 7 nitrogen and oxygen atoms in total. The molecule has 1 atom stereocenters. The van der Waals surface area contributed by atoms with E-state index in [2.05, 4.69) is 16.4 Å². The number of halogens is 3. The number of fused-ring (bicyclic) bond motifs is 2. The summed E-state index contributed by atoms with van der Waals surface area (Å²) >= 11 is 1.06. The largest absolute Gasteiger partial charge is 0.416 e. The molecule has 3 aromatic carbocycles. The number of hydrogen-bond acceptors (Lipinski definition) is 5. The van der Waals surface area contributed by atoms with Crippen molar-refractivity contribution < 1.29 is 22.9 Å². The zero-order chi connectivity index (χ0) is 26.2. The zero-order valence-electron chi connectivity index (χ0n) is 19.4. The minimum Gasteiger partial charge on any atom is -0.349 e. The van der Waals surface area contributed by atoms with Gasteiger partial charge in [-0.1, -0.05) is 42.1 Å². The van der Waals surface area contributed by atoms with Gasteiger partial charge in [0, 0.05) is 17.8 Å². The average molecular weight is 527 g/mol. The van der Waals surface area contributed by atoms with Gasteiger partial charge in [0.25, 0.3) is 5.69 Å². The van der Waals surface area contributed by atoms with Crippen molar-refractivity contribution in [2.75, 3.05) is 5.75 Å². The first kappa shape index (κ1) is 24.8. The van der Waals surface area contributed by atoms with Crippen LogP contribution in [-0.4, -0.2) is 26.1 Å². The van der Waals surface area contributed by atoms with Gasteiger partial charge in [-0.3, -0.25) is 19.5 Å². The molecule has 1 amide bonds. The highest BCUT2D eigenvalue weighted by molar-refractivity contribution is 7.99. The Hall–Kier alpha value is -3.86. The fraction of sp³-hybridized carbons (Fsp3) is 0.231. The number of nitro benzene ring substituents is 1. The maximum Gasteiger partial charge on any atom is 0.416 e. The Kier molecular flexibility index (Phi) is 6.63. The van der Waals surface area contributed by atoms with Crippen LogP contribution < -0.4 is 5.32 Å². The number of aryl methyl sites for hydroxylation is 1. The highest BCUT2D eigenvalue weighted by atomic mass is 32.2. The van der Waals surface area contributed by atoms with Gasteiger partial charge in [0.15, 0.2) is 5.16 Å². The molecule has 1 aliphatic rings. The topological polar surface area (TPSA) is 90.1 Å². The number of thioether (sulfide) groups is 1. The summed E-state index contributed by atoms with van der Waals surface area (Å²) in [5.74, 6) is -0.261. The third kappa shape index (κ3) is 5.17. The lowest BCUT2D eigenvalue weighted by Crippen LogP contribution is -2.32. The number of rotatable bonds is 6. The van der Waals surface area contributed by atoms with Crippen LogP contribution in [0.1, 0.15) is 35.6 Å². The highest BCUT2D eigenvalue weighted by Gasteiger charge is 2.31. The Morgan fingerprint density at radius 1 is 1.14 bits per heavy atom. The van der Waals surface area contributed by atoms with Crippen molar-refractivity contribution in [2.45, 2.75) is 36.6 Å². The van der Waals surface area contributed by atoms with Gasteiger partial charge in [-0.25, -0.2) is 4.98 Å². The molecule has 0 aliphatic heterocycles. The maximum atomic E-state index is 13.4. The Morgan fingerprint density at radius 2 is 1.95 bits per heavy atom. The van der Waals surface area contributed by atoms with Crippen LogP contribution in [0.3, 0.4) is 0 Å². The summed E-state index contributed by atoms with van der Waals surface area (Å²) in [5, 5.41) is 14.6. The first-order valence-electron chi connectivity index (χ1n) is 11.6. The predicted molar refractivity (Wildman–Crippen MR) is 134 cm³/mol. The van der Waals surface area contributed by atoms with Crippen LogP contribution in [0.5, 0.6) is 0 Å². The first-order valence-corrected chi connectivity index (χ1v) is 12.5. The molecule has 190 valence electrons. The lowest BCUT2D eigenvalue weighted by molar-refractivity contribution is -0.384. The summed E-state index contributed by atoms with van der Waals surface area (Å²) in [6.07, 6.45) is -1.81. The number of nitrogens with zero attached hydrogens (tertiary/aromatic N) is 3. The summed E-state index contributed by atoms with van der Waals surface area (Å²) in [5.41, 5.74) is 2.11. The quantitative estimate of drug-likeness (QED) is 0.183. The second kappa shape index (κ2) is 9.89. The molecular formula is C26H21F3N4O3S. The molecule has 4 aromatic rings. The van der Waals surface area contributed by atoms with Crippen molar-refractivity contribution in [2.24, 2.45) is 0 Å². The Bertz CT molecular complexity index is 1500. The molecule has 0 saturated heterocycles. The van der Waals surface area contributed by atoms with E-state index in [1.807, 2.05) is 18.2 Å². The summed E-state index contributed by atoms with van der Waals surface area (Å²) < 4.78 is 41.7. The fourth-order valence-corrected chi connectivity index (χ4v) is 5.44. The van der Waals surface area contributed by atoms with Crippen molar-refractivity contribution >= 4 is 34.4 Å². The fourth-order valence-electron chi connectivity index (χ4n) is 4.60. The molecule has 5 rings (SSSR count). The number of carbonyl (C=O) groups excluding carboxylic acids is 1. The van der Waals surface area contributed by atoms with E-state index in [-0.39, 0.29) is 39.7 Å². The maximum absolute atomic E-state index is 13.4. The molecule has 0 bridgehead atoms. The summed E-state index contributed by atoms with van der Waals surface area (Å²) in [4.78, 5) is 28.0. The lowest BCUT2D eigenvalue weighted by Gasteiger charge is -2.26. The van der Waals surface area contributed by atoms with E-state index < -0.39 is 16.7 Å². The number of amides is 1. The SMILES string of the molecule is O=C(CSc1nc2cc([N+](=O)[O-])ccc2n1-c1cccc(C(F)(F)F)c1)NC1CCCc2ccccc21. The number of non-ortho nitro benzene ring substituents is 1. The summed E-state index contributed by atoms with van der Waals surface area (Å²) in [6, 6.07) is 16.6. The van der Waals surface area contributed by atoms with Crippen LogP contribution in [0.15, 0.2) is 71.9 Å². The van der Waals surface area contributed by atoms with Gasteiger partial charge in [-0.15, -0.1) is 0 Å². The minimum absolute atomic E-state index is 0.0248. The smallest absolute Gasteiger partial charge is 0.349 e. The van der Waals surface area contributed by atoms with Gasteiger partial charge >= 0.3 is 6.18 Å². The Labute approximate surface area is 213 Å². The van der Waals surface area contributed by atoms with Crippen LogP contribution in [0.25, 0.3) is 16.7 Å². The van der Waals surface area contributed by atoms with Gasteiger partial charge in [0.1, 0.15) is 0 Å². The third-order valence-electron chi connectivity index (χ3n) is 6.29. The van der Waals surface area contributed by atoms with Crippen molar-refractivity contribution in [1.82, 2.24) is 14.9 Å². The highest BCUT2D eigenvalue weighted by Crippen LogP contribution is 2.35. The summed E-state index contributed by atoms with van der Waals surface area (Å²) in [7, 11) is 0. The number of imidazole rings is 1. The molecule has 0 saturated carbocycles. The van der Waals surface area contributed by atoms with Gasteiger partial charge in [-0.05, 0) is 54.7 Å². The molecule has 0 spiro atoms. The second-order valence-corrected chi connectivity index (χ2v) is 9.65. The number of aromatic nitrogens is 2. The number of benzene rings is 3. The average Bonchev–Trinajstić information content (AvgIpc) is 3.25. The number of nitrogens with one attached hydrogen (secondary N) is 1. The Balaban J connectivity index is 1.45. The van der Waals surface area contributed by atoms with Crippen molar-refractivity contribution in [3.8, 4) is 5.69 Å². The molecule has 1 N–H and O–H groups in total. The molecular weight excluding hydrogens is 505 g/mol. The van der Waals surface area contributed by atoms with Crippen molar-refractivity contribution in [3.63, 3.8) is 0 Å². The van der Waals surface area contributed by atoms with E-state index in [4.69, 9.17) is 0 Å².